The summed E-state index contributed by atoms with van der Waals surface area (Å²) in [4.78, 5) is 0. The molecule has 2 nitrogen and oxygen atoms in total. The molecule has 2 aliphatic rings. The highest BCUT2D eigenvalue weighted by atomic mass is 16.5. The minimum Gasteiger partial charge on any atom is -0.508 e. The van der Waals surface area contributed by atoms with Gasteiger partial charge < -0.3 is 9.84 Å². The Morgan fingerprint density at radius 3 is 3.21 bits per heavy atom. The molecule has 0 spiro atoms. The van der Waals surface area contributed by atoms with Crippen LogP contribution < -0.4 is 0 Å². The number of phenols is 1. The molecule has 2 aliphatic heterocycles. The van der Waals surface area contributed by atoms with Crippen LogP contribution in [0.1, 0.15) is 30.9 Å². The summed E-state index contributed by atoms with van der Waals surface area (Å²) >= 11 is 0. The fourth-order valence-corrected chi connectivity index (χ4v) is 2.74. The molecule has 1 aromatic rings. The van der Waals surface area contributed by atoms with Crippen molar-refractivity contribution >= 4 is 0 Å². The van der Waals surface area contributed by atoms with Crippen molar-refractivity contribution < 1.29 is 9.84 Å². The van der Waals surface area contributed by atoms with Gasteiger partial charge in [0.05, 0.1) is 11.7 Å². The summed E-state index contributed by atoms with van der Waals surface area (Å²) in [6.07, 6.45) is 3.63. The molecule has 74 valence electrons. The van der Waals surface area contributed by atoms with Crippen LogP contribution in [0.4, 0.5) is 0 Å². The van der Waals surface area contributed by atoms with Gasteiger partial charge in [0.25, 0.3) is 0 Å². The Bertz CT molecular complexity index is 386. The predicted molar refractivity (Wildman–Crippen MR) is 53.3 cm³/mol. The molecule has 2 atom stereocenters. The van der Waals surface area contributed by atoms with Crippen LogP contribution in [-0.2, 0) is 16.8 Å². The number of ether oxygens (including phenoxy) is 1. The third-order valence-electron chi connectivity index (χ3n) is 3.48. The number of benzene rings is 1. The zero-order valence-corrected chi connectivity index (χ0v) is 8.29. The summed E-state index contributed by atoms with van der Waals surface area (Å²) in [5, 5.41) is 9.47. The maximum atomic E-state index is 9.47. The average Bonchev–Trinajstić information content (AvgIpc) is 2.47. The highest BCUT2D eigenvalue weighted by Crippen LogP contribution is 2.46. The topological polar surface area (TPSA) is 29.5 Å². The lowest BCUT2D eigenvalue weighted by Crippen LogP contribution is -2.29. The first-order valence-corrected chi connectivity index (χ1v) is 5.18. The van der Waals surface area contributed by atoms with Crippen molar-refractivity contribution in [3.05, 3.63) is 29.3 Å². The Hall–Kier alpha value is -1.02. The van der Waals surface area contributed by atoms with Gasteiger partial charge in [0.1, 0.15) is 5.75 Å². The normalized spacial score (nSPS) is 34.2. The number of hydrogen-bond acceptors (Lipinski definition) is 2. The molecule has 2 bridgehead atoms. The molecule has 2 heteroatoms. The third kappa shape index (κ3) is 1.01. The predicted octanol–water partition coefficient (Wildman–Crippen LogP) is 2.34. The van der Waals surface area contributed by atoms with Crippen LogP contribution in [-0.4, -0.2) is 11.2 Å². The van der Waals surface area contributed by atoms with Crippen molar-refractivity contribution in [1.82, 2.24) is 0 Å². The number of aromatic hydroxyl groups is 1. The highest BCUT2D eigenvalue weighted by Gasteiger charge is 2.43. The molecule has 3 rings (SSSR count). The van der Waals surface area contributed by atoms with Gasteiger partial charge in [0, 0.05) is 0 Å². The summed E-state index contributed by atoms with van der Waals surface area (Å²) in [5.41, 5.74) is 2.39. The van der Waals surface area contributed by atoms with E-state index in [1.165, 1.54) is 11.1 Å². The van der Waals surface area contributed by atoms with Gasteiger partial charge in [-0.15, -0.1) is 0 Å². The zero-order chi connectivity index (χ0) is 9.76. The van der Waals surface area contributed by atoms with Crippen molar-refractivity contribution in [3.8, 4) is 5.75 Å². The lowest BCUT2D eigenvalue weighted by atomic mass is 9.89. The minimum absolute atomic E-state index is 0.142. The second-order valence-corrected chi connectivity index (χ2v) is 4.55. The SMILES string of the molecule is C[C@@]12CC[C@@H](Cc3ccc(O)cc31)O2. The molecule has 0 aliphatic carbocycles. The largest absolute Gasteiger partial charge is 0.508 e. The van der Waals surface area contributed by atoms with E-state index in [0.29, 0.717) is 11.9 Å². The van der Waals surface area contributed by atoms with Crippen LogP contribution in [0.5, 0.6) is 5.75 Å². The summed E-state index contributed by atoms with van der Waals surface area (Å²) in [6, 6.07) is 5.66. The fraction of sp³-hybridized carbons (Fsp3) is 0.500. The molecule has 0 radical (unpaired) electrons. The van der Waals surface area contributed by atoms with E-state index in [1.54, 1.807) is 6.07 Å². The van der Waals surface area contributed by atoms with E-state index in [2.05, 4.69) is 6.92 Å². The monoisotopic (exact) mass is 190 g/mol. The number of hydrogen-bond donors (Lipinski definition) is 1. The Labute approximate surface area is 83.5 Å². The van der Waals surface area contributed by atoms with Gasteiger partial charge >= 0.3 is 0 Å². The van der Waals surface area contributed by atoms with Crippen molar-refractivity contribution in [1.29, 1.82) is 0 Å². The molecule has 0 amide bonds. The van der Waals surface area contributed by atoms with E-state index in [-0.39, 0.29) is 5.60 Å². The van der Waals surface area contributed by atoms with E-state index in [0.717, 1.165) is 19.3 Å². The van der Waals surface area contributed by atoms with Gasteiger partial charge in [0.15, 0.2) is 0 Å². The molecule has 14 heavy (non-hydrogen) atoms. The van der Waals surface area contributed by atoms with Crippen molar-refractivity contribution in [2.75, 3.05) is 0 Å². The van der Waals surface area contributed by atoms with Gasteiger partial charge in [0.2, 0.25) is 0 Å². The quantitative estimate of drug-likeness (QED) is 0.680. The lowest BCUT2D eigenvalue weighted by Gasteiger charge is -2.32. The van der Waals surface area contributed by atoms with E-state index in [4.69, 9.17) is 4.74 Å². The average molecular weight is 190 g/mol. The number of fused-ring (bicyclic) bond motifs is 4. The van der Waals surface area contributed by atoms with Gasteiger partial charge in [-0.05, 0) is 49.4 Å². The first kappa shape index (κ1) is 8.30. The fourth-order valence-electron chi connectivity index (χ4n) is 2.74. The maximum Gasteiger partial charge on any atom is 0.115 e. The van der Waals surface area contributed by atoms with Crippen LogP contribution in [0.2, 0.25) is 0 Å². The van der Waals surface area contributed by atoms with Crippen LogP contribution >= 0.6 is 0 Å². The van der Waals surface area contributed by atoms with Crippen LogP contribution in [0.25, 0.3) is 0 Å². The molecule has 0 aromatic heterocycles. The van der Waals surface area contributed by atoms with Crippen LogP contribution in [0, 0.1) is 0 Å². The van der Waals surface area contributed by atoms with Crippen molar-refractivity contribution in [2.24, 2.45) is 0 Å². The molecule has 1 aromatic carbocycles. The zero-order valence-electron chi connectivity index (χ0n) is 8.29. The third-order valence-corrected chi connectivity index (χ3v) is 3.48. The molecule has 1 fully saturated rings. The van der Waals surface area contributed by atoms with E-state index < -0.39 is 0 Å². The molecule has 1 saturated heterocycles. The highest BCUT2D eigenvalue weighted by molar-refractivity contribution is 5.41. The van der Waals surface area contributed by atoms with E-state index in [1.807, 2.05) is 12.1 Å². The Balaban J connectivity index is 2.19. The Morgan fingerprint density at radius 1 is 1.50 bits per heavy atom. The van der Waals surface area contributed by atoms with Crippen molar-refractivity contribution in [2.45, 2.75) is 37.9 Å². The Kier molecular flexibility index (Phi) is 1.49. The number of rotatable bonds is 0. The first-order valence-electron chi connectivity index (χ1n) is 5.18. The first-order chi connectivity index (χ1) is 6.67. The molecule has 2 heterocycles. The second-order valence-electron chi connectivity index (χ2n) is 4.55. The van der Waals surface area contributed by atoms with Gasteiger partial charge in [-0.2, -0.15) is 0 Å². The molecule has 0 unspecified atom stereocenters. The number of phenolic OH excluding ortho intramolecular Hbond substituents is 1. The molecule has 0 saturated carbocycles. The summed E-state index contributed by atoms with van der Waals surface area (Å²) in [7, 11) is 0. The minimum atomic E-state index is -0.142. The molecular formula is C12H14O2. The summed E-state index contributed by atoms with van der Waals surface area (Å²) in [6.45, 7) is 2.13. The summed E-state index contributed by atoms with van der Waals surface area (Å²) in [5.74, 6) is 0.346. The van der Waals surface area contributed by atoms with Gasteiger partial charge in [-0.25, -0.2) is 0 Å². The van der Waals surface area contributed by atoms with E-state index >= 15 is 0 Å². The second kappa shape index (κ2) is 2.51. The Morgan fingerprint density at radius 2 is 2.36 bits per heavy atom. The van der Waals surface area contributed by atoms with E-state index in [9.17, 15) is 5.11 Å². The van der Waals surface area contributed by atoms with Gasteiger partial charge in [-0.3, -0.25) is 0 Å². The standard InChI is InChI=1S/C12H14O2/c1-12-5-4-10(14-12)6-8-2-3-9(13)7-11(8)12/h2-3,7,10,13H,4-6H2,1H3/t10-,12+/m0/s1. The molecular weight excluding hydrogens is 176 g/mol. The van der Waals surface area contributed by atoms with Crippen LogP contribution in [0.15, 0.2) is 18.2 Å². The van der Waals surface area contributed by atoms with Crippen LogP contribution in [0.3, 0.4) is 0 Å². The van der Waals surface area contributed by atoms with Crippen molar-refractivity contribution in [3.63, 3.8) is 0 Å². The maximum absolute atomic E-state index is 9.47. The lowest BCUT2D eigenvalue weighted by molar-refractivity contribution is -0.0438. The summed E-state index contributed by atoms with van der Waals surface area (Å²) < 4.78 is 5.96. The smallest absolute Gasteiger partial charge is 0.115 e. The van der Waals surface area contributed by atoms with Gasteiger partial charge in [-0.1, -0.05) is 6.07 Å². The molecule has 1 N–H and O–H groups in total.